The minimum atomic E-state index is -0.158. The van der Waals surface area contributed by atoms with Crippen molar-refractivity contribution in [2.45, 2.75) is 6.54 Å². The smallest absolute Gasteiger partial charge is 0.187 e. The molecule has 0 fully saturated rings. The third kappa shape index (κ3) is 2.87. The first-order valence-corrected chi connectivity index (χ1v) is 5.50. The van der Waals surface area contributed by atoms with Gasteiger partial charge in [-0.3, -0.25) is 15.1 Å². The summed E-state index contributed by atoms with van der Waals surface area (Å²) in [6.45, 7) is 0.112. The molecule has 92 valence electrons. The van der Waals surface area contributed by atoms with Crippen LogP contribution in [0.25, 0.3) is 0 Å². The highest BCUT2D eigenvalue weighted by Crippen LogP contribution is 2.18. The summed E-state index contributed by atoms with van der Waals surface area (Å²) in [6.07, 6.45) is 7.76. The average Bonchev–Trinajstić information content (AvgIpc) is 2.35. The number of carbonyl (C=O) groups excluding carboxylic acids is 1. The Morgan fingerprint density at radius 2 is 1.89 bits per heavy atom. The summed E-state index contributed by atoms with van der Waals surface area (Å²) >= 11 is 0. The molecular formula is C14H13NO3. The van der Waals surface area contributed by atoms with Gasteiger partial charge in [0.05, 0.1) is 6.54 Å². The monoisotopic (exact) mass is 243 g/mol. The first kappa shape index (κ1) is 12.1. The van der Waals surface area contributed by atoms with Crippen molar-refractivity contribution in [3.05, 3.63) is 65.9 Å². The van der Waals surface area contributed by atoms with E-state index < -0.39 is 0 Å². The lowest BCUT2D eigenvalue weighted by atomic mass is 10.1. The Hall–Kier alpha value is -2.33. The molecule has 18 heavy (non-hydrogen) atoms. The van der Waals surface area contributed by atoms with Crippen LogP contribution in [0.2, 0.25) is 0 Å². The minimum absolute atomic E-state index is 0.111. The average molecular weight is 243 g/mol. The first-order valence-electron chi connectivity index (χ1n) is 5.50. The molecule has 0 aliphatic heterocycles. The van der Waals surface area contributed by atoms with Crippen molar-refractivity contribution in [1.29, 1.82) is 0 Å². The van der Waals surface area contributed by atoms with Crippen LogP contribution in [0.1, 0.15) is 5.56 Å². The number of nitrogens with zero attached hydrogens (tertiary/aromatic N) is 1. The van der Waals surface area contributed by atoms with Crippen LogP contribution in [-0.4, -0.2) is 21.2 Å². The third-order valence-corrected chi connectivity index (χ3v) is 2.53. The highest BCUT2D eigenvalue weighted by atomic mass is 16.5. The maximum atomic E-state index is 11.5. The molecule has 1 aliphatic carbocycles. The van der Waals surface area contributed by atoms with Gasteiger partial charge in [0.1, 0.15) is 5.75 Å². The van der Waals surface area contributed by atoms with Gasteiger partial charge in [-0.2, -0.15) is 0 Å². The number of hydrogen-bond donors (Lipinski definition) is 2. The van der Waals surface area contributed by atoms with Gasteiger partial charge in [0.15, 0.2) is 5.78 Å². The summed E-state index contributed by atoms with van der Waals surface area (Å²) in [5.41, 5.74) is 0.982. The van der Waals surface area contributed by atoms with Crippen LogP contribution >= 0.6 is 0 Å². The van der Waals surface area contributed by atoms with E-state index in [2.05, 4.69) is 0 Å². The van der Waals surface area contributed by atoms with Gasteiger partial charge < -0.3 is 5.11 Å². The number of allylic oxidation sites excluding steroid dienone is 5. The maximum absolute atomic E-state index is 11.5. The van der Waals surface area contributed by atoms with Crippen molar-refractivity contribution in [3.8, 4) is 5.75 Å². The van der Waals surface area contributed by atoms with Crippen LogP contribution in [0.4, 0.5) is 0 Å². The van der Waals surface area contributed by atoms with Gasteiger partial charge >= 0.3 is 0 Å². The van der Waals surface area contributed by atoms with E-state index in [0.717, 1.165) is 5.06 Å². The molecule has 2 N–H and O–H groups in total. The lowest BCUT2D eigenvalue weighted by Gasteiger charge is -2.14. The number of carbonyl (C=O) groups is 1. The van der Waals surface area contributed by atoms with Crippen molar-refractivity contribution >= 4 is 5.78 Å². The van der Waals surface area contributed by atoms with E-state index in [1.54, 1.807) is 42.5 Å². The van der Waals surface area contributed by atoms with E-state index in [1.165, 1.54) is 12.3 Å². The Morgan fingerprint density at radius 1 is 1.17 bits per heavy atom. The van der Waals surface area contributed by atoms with E-state index in [4.69, 9.17) is 0 Å². The van der Waals surface area contributed by atoms with Gasteiger partial charge in [0, 0.05) is 17.3 Å². The quantitative estimate of drug-likeness (QED) is 0.631. The van der Waals surface area contributed by atoms with Gasteiger partial charge in [0.25, 0.3) is 0 Å². The lowest BCUT2D eigenvalue weighted by molar-refractivity contribution is -0.111. The number of hydroxylamine groups is 2. The Bertz CT molecular complexity index is 544. The number of rotatable bonds is 3. The van der Waals surface area contributed by atoms with Crippen molar-refractivity contribution in [2.24, 2.45) is 0 Å². The van der Waals surface area contributed by atoms with Gasteiger partial charge in [0.2, 0.25) is 0 Å². The molecule has 2 rings (SSSR count). The number of benzene rings is 1. The van der Waals surface area contributed by atoms with Crippen LogP contribution < -0.4 is 0 Å². The van der Waals surface area contributed by atoms with E-state index in [-0.39, 0.29) is 18.1 Å². The summed E-state index contributed by atoms with van der Waals surface area (Å²) in [7, 11) is 0. The van der Waals surface area contributed by atoms with Gasteiger partial charge in [-0.1, -0.05) is 30.4 Å². The molecule has 0 spiro atoms. The lowest BCUT2D eigenvalue weighted by Crippen LogP contribution is -2.14. The van der Waals surface area contributed by atoms with Crippen molar-refractivity contribution in [1.82, 2.24) is 5.06 Å². The van der Waals surface area contributed by atoms with Crippen LogP contribution in [0, 0.1) is 0 Å². The molecule has 0 saturated heterocycles. The number of phenolic OH excluding ortho intramolecular Hbond substituents is 1. The topological polar surface area (TPSA) is 60.8 Å². The normalized spacial score (nSPS) is 16.3. The molecule has 0 bridgehead atoms. The zero-order chi connectivity index (χ0) is 13.0. The number of para-hydroxylation sites is 1. The van der Waals surface area contributed by atoms with Crippen LogP contribution in [0.3, 0.4) is 0 Å². The number of hydrogen-bond acceptors (Lipinski definition) is 4. The van der Waals surface area contributed by atoms with Crippen molar-refractivity contribution < 1.29 is 15.1 Å². The highest BCUT2D eigenvalue weighted by molar-refractivity contribution is 6.07. The number of aromatic hydroxyl groups is 1. The van der Waals surface area contributed by atoms with Crippen molar-refractivity contribution in [2.75, 3.05) is 0 Å². The molecule has 0 heterocycles. The van der Waals surface area contributed by atoms with Crippen molar-refractivity contribution in [3.63, 3.8) is 0 Å². The van der Waals surface area contributed by atoms with E-state index in [1.807, 2.05) is 0 Å². The Kier molecular flexibility index (Phi) is 3.60. The fraction of sp³-hybridized carbons (Fsp3) is 0.0714. The van der Waals surface area contributed by atoms with Crippen LogP contribution in [0.5, 0.6) is 5.75 Å². The Labute approximate surface area is 105 Å². The zero-order valence-corrected chi connectivity index (χ0v) is 9.65. The molecule has 1 aromatic carbocycles. The third-order valence-electron chi connectivity index (χ3n) is 2.53. The second-order valence-electron chi connectivity index (χ2n) is 3.89. The SMILES string of the molecule is O=C1C=CC=C/C1=C/N(O)Cc1ccccc1O. The second-order valence-corrected chi connectivity index (χ2v) is 3.89. The first-order chi connectivity index (χ1) is 8.66. The number of phenols is 1. The predicted octanol–water partition coefficient (Wildman–Crippen LogP) is 2.16. The number of ketones is 1. The summed E-state index contributed by atoms with van der Waals surface area (Å²) in [6, 6.07) is 6.72. The highest BCUT2D eigenvalue weighted by Gasteiger charge is 2.08. The van der Waals surface area contributed by atoms with E-state index >= 15 is 0 Å². The fourth-order valence-corrected chi connectivity index (χ4v) is 1.61. The largest absolute Gasteiger partial charge is 0.508 e. The van der Waals surface area contributed by atoms with Gasteiger partial charge in [-0.25, -0.2) is 0 Å². The van der Waals surface area contributed by atoms with E-state index in [9.17, 15) is 15.1 Å². The second kappa shape index (κ2) is 5.33. The fourth-order valence-electron chi connectivity index (χ4n) is 1.61. The molecule has 0 aromatic heterocycles. The molecule has 0 amide bonds. The minimum Gasteiger partial charge on any atom is -0.508 e. The standard InChI is InChI=1S/C14H13NO3/c16-13-7-3-1-5-11(13)9-15(18)10-12-6-2-4-8-14(12)17/h1-9,17-18H,10H2/b11-9-. The Morgan fingerprint density at radius 3 is 2.61 bits per heavy atom. The molecule has 0 unspecified atom stereocenters. The summed E-state index contributed by atoms with van der Waals surface area (Å²) < 4.78 is 0. The molecule has 4 heteroatoms. The summed E-state index contributed by atoms with van der Waals surface area (Å²) in [4.78, 5) is 11.5. The molecule has 4 nitrogen and oxygen atoms in total. The van der Waals surface area contributed by atoms with Crippen LogP contribution in [0.15, 0.2) is 60.3 Å². The molecular weight excluding hydrogens is 230 g/mol. The zero-order valence-electron chi connectivity index (χ0n) is 9.65. The molecule has 1 aromatic rings. The summed E-state index contributed by atoms with van der Waals surface area (Å²) in [5.74, 6) is -0.0470. The molecule has 0 radical (unpaired) electrons. The van der Waals surface area contributed by atoms with Gasteiger partial charge in [-0.05, 0) is 18.2 Å². The molecule has 1 aliphatic rings. The Balaban J connectivity index is 2.10. The van der Waals surface area contributed by atoms with Gasteiger partial charge in [-0.15, -0.1) is 0 Å². The maximum Gasteiger partial charge on any atom is 0.187 e. The molecule has 0 saturated carbocycles. The molecule has 0 atom stereocenters. The summed E-state index contributed by atoms with van der Waals surface area (Å²) in [5, 5.41) is 20.2. The van der Waals surface area contributed by atoms with Crippen LogP contribution in [-0.2, 0) is 11.3 Å². The predicted molar refractivity (Wildman–Crippen MR) is 66.8 cm³/mol. The van der Waals surface area contributed by atoms with E-state index in [0.29, 0.717) is 11.1 Å².